The van der Waals surface area contributed by atoms with E-state index in [-0.39, 0.29) is 0 Å². The van der Waals surface area contributed by atoms with Crippen LogP contribution in [0.4, 0.5) is 0 Å². The summed E-state index contributed by atoms with van der Waals surface area (Å²) in [6, 6.07) is 10.9. The van der Waals surface area contributed by atoms with Gasteiger partial charge in [-0.2, -0.15) is 0 Å². The Morgan fingerprint density at radius 2 is 1.88 bits per heavy atom. The van der Waals surface area contributed by atoms with Crippen LogP contribution in [-0.4, -0.2) is 46.5 Å². The zero-order valence-corrected chi connectivity index (χ0v) is 19.9. The highest BCUT2D eigenvalue weighted by Crippen LogP contribution is 2.38. The molecule has 0 bridgehead atoms. The summed E-state index contributed by atoms with van der Waals surface area (Å²) in [6.07, 6.45) is 11.8. The molecule has 33 heavy (non-hydrogen) atoms. The van der Waals surface area contributed by atoms with Crippen LogP contribution in [0.25, 0.3) is 5.65 Å². The Kier molecular flexibility index (Phi) is 6.24. The molecule has 0 unspecified atom stereocenters. The van der Waals surface area contributed by atoms with Crippen LogP contribution in [0.2, 0.25) is 0 Å². The minimum absolute atomic E-state index is 0.312. The fourth-order valence-corrected chi connectivity index (χ4v) is 5.95. The van der Waals surface area contributed by atoms with Crippen LogP contribution < -0.4 is 0 Å². The number of aromatic nitrogens is 2. The lowest BCUT2D eigenvalue weighted by Gasteiger charge is -2.40. The molecule has 1 atom stereocenters. The predicted molar refractivity (Wildman–Crippen MR) is 130 cm³/mol. The van der Waals surface area contributed by atoms with Gasteiger partial charge >= 0.3 is 0 Å². The SMILES string of the molecule is Cc1cc(C)cc(C2(C(=O)N3CCC[C@@H](Cc4cccn5ccnc45)CC3)CCOCC2)c1. The van der Waals surface area contributed by atoms with Gasteiger partial charge in [-0.3, -0.25) is 4.79 Å². The fraction of sp³-hybridized carbons (Fsp3) is 0.500. The molecule has 5 rings (SSSR count). The van der Waals surface area contributed by atoms with E-state index in [1.807, 2.05) is 12.4 Å². The summed E-state index contributed by atoms with van der Waals surface area (Å²) in [5.41, 5.74) is 5.56. The number of imidazole rings is 1. The van der Waals surface area contributed by atoms with E-state index in [2.05, 4.69) is 64.7 Å². The van der Waals surface area contributed by atoms with E-state index in [0.29, 0.717) is 25.0 Å². The van der Waals surface area contributed by atoms with Crippen molar-refractivity contribution in [3.8, 4) is 0 Å². The number of carbonyl (C=O) groups is 1. The molecule has 2 fully saturated rings. The number of benzene rings is 1. The smallest absolute Gasteiger partial charge is 0.233 e. The van der Waals surface area contributed by atoms with E-state index in [1.165, 1.54) is 22.3 Å². The van der Waals surface area contributed by atoms with E-state index >= 15 is 0 Å². The monoisotopic (exact) mass is 445 g/mol. The Bertz CT molecular complexity index is 1110. The first-order chi connectivity index (χ1) is 16.0. The van der Waals surface area contributed by atoms with Gasteiger partial charge < -0.3 is 14.0 Å². The van der Waals surface area contributed by atoms with E-state index in [4.69, 9.17) is 4.74 Å². The molecule has 2 aliphatic rings. The molecular formula is C28H35N3O2. The molecule has 1 amide bonds. The lowest BCUT2D eigenvalue weighted by Crippen LogP contribution is -2.50. The number of fused-ring (bicyclic) bond motifs is 1. The van der Waals surface area contributed by atoms with Gasteiger partial charge in [-0.25, -0.2) is 4.98 Å². The molecule has 0 spiro atoms. The third kappa shape index (κ3) is 4.43. The topological polar surface area (TPSA) is 46.8 Å². The van der Waals surface area contributed by atoms with Crippen LogP contribution in [0.5, 0.6) is 0 Å². The predicted octanol–water partition coefficient (Wildman–Crippen LogP) is 4.87. The van der Waals surface area contributed by atoms with Crippen LogP contribution in [-0.2, 0) is 21.4 Å². The van der Waals surface area contributed by atoms with Gasteiger partial charge in [-0.1, -0.05) is 35.4 Å². The Morgan fingerprint density at radius 3 is 2.67 bits per heavy atom. The Morgan fingerprint density at radius 1 is 1.09 bits per heavy atom. The Balaban J connectivity index is 1.34. The van der Waals surface area contributed by atoms with Crippen LogP contribution in [0, 0.1) is 19.8 Å². The van der Waals surface area contributed by atoms with Gasteiger partial charge in [0.05, 0.1) is 5.41 Å². The van der Waals surface area contributed by atoms with E-state index in [9.17, 15) is 4.79 Å². The van der Waals surface area contributed by atoms with Crippen molar-refractivity contribution in [2.24, 2.45) is 5.92 Å². The Labute approximate surface area is 196 Å². The zero-order chi connectivity index (χ0) is 22.8. The van der Waals surface area contributed by atoms with Gasteiger partial charge in [0.25, 0.3) is 0 Å². The number of amides is 1. The second-order valence-electron chi connectivity index (χ2n) is 10.1. The first-order valence-corrected chi connectivity index (χ1v) is 12.4. The molecule has 4 heterocycles. The number of ether oxygens (including phenoxy) is 1. The summed E-state index contributed by atoms with van der Waals surface area (Å²) in [7, 11) is 0. The van der Waals surface area contributed by atoms with Gasteiger partial charge in [0.2, 0.25) is 5.91 Å². The van der Waals surface area contributed by atoms with Crippen molar-refractivity contribution >= 4 is 11.6 Å². The summed E-state index contributed by atoms with van der Waals surface area (Å²) >= 11 is 0. The average Bonchev–Trinajstić information content (AvgIpc) is 3.19. The summed E-state index contributed by atoms with van der Waals surface area (Å²) in [5.74, 6) is 0.893. The number of aryl methyl sites for hydroxylation is 2. The first-order valence-electron chi connectivity index (χ1n) is 12.4. The molecule has 2 saturated heterocycles. The highest BCUT2D eigenvalue weighted by Gasteiger charge is 2.44. The largest absolute Gasteiger partial charge is 0.381 e. The van der Waals surface area contributed by atoms with Gasteiger partial charge in [-0.05, 0) is 75.5 Å². The van der Waals surface area contributed by atoms with Crippen LogP contribution in [0.3, 0.4) is 0 Å². The average molecular weight is 446 g/mol. The first kappa shape index (κ1) is 22.1. The second-order valence-corrected chi connectivity index (χ2v) is 10.1. The van der Waals surface area contributed by atoms with Crippen molar-refractivity contribution in [2.45, 2.75) is 57.8 Å². The summed E-state index contributed by atoms with van der Waals surface area (Å²) in [6.45, 7) is 7.27. The Hall–Kier alpha value is -2.66. The number of carbonyl (C=O) groups excluding carboxylic acids is 1. The van der Waals surface area contributed by atoms with Crippen LogP contribution >= 0.6 is 0 Å². The maximum absolute atomic E-state index is 14.1. The van der Waals surface area contributed by atoms with Crippen LogP contribution in [0.1, 0.15) is 54.4 Å². The molecule has 3 aromatic rings. The van der Waals surface area contributed by atoms with Gasteiger partial charge in [0, 0.05) is 44.9 Å². The van der Waals surface area contributed by atoms with Gasteiger partial charge in [0.15, 0.2) is 0 Å². The highest BCUT2D eigenvalue weighted by molar-refractivity contribution is 5.88. The van der Waals surface area contributed by atoms with Gasteiger partial charge in [0.1, 0.15) is 5.65 Å². The van der Waals surface area contributed by atoms with E-state index in [1.54, 1.807) is 0 Å². The van der Waals surface area contributed by atoms with E-state index < -0.39 is 5.41 Å². The molecule has 174 valence electrons. The minimum Gasteiger partial charge on any atom is -0.381 e. The number of hydrogen-bond acceptors (Lipinski definition) is 3. The number of nitrogens with zero attached hydrogens (tertiary/aromatic N) is 3. The quantitative estimate of drug-likeness (QED) is 0.576. The van der Waals surface area contributed by atoms with Crippen molar-refractivity contribution in [2.75, 3.05) is 26.3 Å². The number of likely N-dealkylation sites (tertiary alicyclic amines) is 1. The van der Waals surface area contributed by atoms with Crippen molar-refractivity contribution in [1.82, 2.24) is 14.3 Å². The van der Waals surface area contributed by atoms with E-state index in [0.717, 1.165) is 57.3 Å². The molecule has 0 saturated carbocycles. The lowest BCUT2D eigenvalue weighted by molar-refractivity contribution is -0.141. The molecule has 0 aliphatic carbocycles. The van der Waals surface area contributed by atoms with Crippen molar-refractivity contribution in [3.63, 3.8) is 0 Å². The van der Waals surface area contributed by atoms with Crippen molar-refractivity contribution in [1.29, 1.82) is 0 Å². The minimum atomic E-state index is -0.448. The molecule has 1 aromatic carbocycles. The summed E-state index contributed by atoms with van der Waals surface area (Å²) in [5, 5.41) is 0. The fourth-order valence-electron chi connectivity index (χ4n) is 5.95. The molecule has 0 N–H and O–H groups in total. The highest BCUT2D eigenvalue weighted by atomic mass is 16.5. The standard InChI is InChI=1S/C28H35N3O2/c1-21-17-22(2)19-25(18-21)28(8-15-33-16-9-28)27(32)31-12-3-5-23(7-13-31)20-24-6-4-11-30-14-10-29-26(24)30/h4,6,10-11,14,17-19,23H,3,5,7-9,12-13,15-16,20H2,1-2H3/t23-/m1/s1. The normalized spacial score (nSPS) is 21.2. The number of rotatable bonds is 4. The summed E-state index contributed by atoms with van der Waals surface area (Å²) in [4.78, 5) is 20.8. The van der Waals surface area contributed by atoms with Crippen molar-refractivity contribution in [3.05, 3.63) is 71.2 Å². The van der Waals surface area contributed by atoms with Crippen molar-refractivity contribution < 1.29 is 9.53 Å². The molecular weight excluding hydrogens is 410 g/mol. The lowest BCUT2D eigenvalue weighted by atomic mass is 9.72. The molecule has 5 heteroatoms. The third-order valence-electron chi connectivity index (χ3n) is 7.67. The number of hydrogen-bond donors (Lipinski definition) is 0. The molecule has 5 nitrogen and oxygen atoms in total. The maximum atomic E-state index is 14.1. The molecule has 2 aromatic heterocycles. The summed E-state index contributed by atoms with van der Waals surface area (Å²) < 4.78 is 7.80. The zero-order valence-electron chi connectivity index (χ0n) is 19.9. The van der Waals surface area contributed by atoms with Gasteiger partial charge in [-0.15, -0.1) is 0 Å². The third-order valence-corrected chi connectivity index (χ3v) is 7.67. The molecule has 2 aliphatic heterocycles. The second kappa shape index (κ2) is 9.30. The van der Waals surface area contributed by atoms with Crippen LogP contribution in [0.15, 0.2) is 48.9 Å². The maximum Gasteiger partial charge on any atom is 0.233 e. The number of pyridine rings is 1. The molecule has 0 radical (unpaired) electrons.